The lowest BCUT2D eigenvalue weighted by molar-refractivity contribution is 0.0742. The van der Waals surface area contributed by atoms with Gasteiger partial charge in [0.25, 0.3) is 5.91 Å². The molecular formula is C18H23N3O5S2. The van der Waals surface area contributed by atoms with Gasteiger partial charge in [0.1, 0.15) is 0 Å². The predicted molar refractivity (Wildman–Crippen MR) is 106 cm³/mol. The third-order valence-corrected chi connectivity index (χ3v) is 6.79. The first-order chi connectivity index (χ1) is 13.0. The van der Waals surface area contributed by atoms with Gasteiger partial charge < -0.3 is 4.90 Å². The van der Waals surface area contributed by atoms with Gasteiger partial charge in [-0.05, 0) is 48.9 Å². The van der Waals surface area contributed by atoms with Gasteiger partial charge in [-0.25, -0.2) is 26.7 Å². The summed E-state index contributed by atoms with van der Waals surface area (Å²) in [6.45, 7) is 3.70. The number of sulfonamides is 2. The van der Waals surface area contributed by atoms with Crippen molar-refractivity contribution in [2.45, 2.75) is 29.7 Å². The fraction of sp³-hybridized carbons (Fsp3) is 0.278. The third-order valence-electron chi connectivity index (χ3n) is 4.32. The maximum Gasteiger partial charge on any atom is 0.254 e. The lowest BCUT2D eigenvalue weighted by atomic mass is 10.1. The van der Waals surface area contributed by atoms with Crippen molar-refractivity contribution < 1.29 is 21.6 Å². The second-order valence-electron chi connectivity index (χ2n) is 6.24. The van der Waals surface area contributed by atoms with E-state index in [1.54, 1.807) is 33.0 Å². The number of rotatable bonds is 7. The summed E-state index contributed by atoms with van der Waals surface area (Å²) >= 11 is 0. The average molecular weight is 426 g/mol. The molecular weight excluding hydrogens is 402 g/mol. The quantitative estimate of drug-likeness (QED) is 0.694. The lowest BCUT2D eigenvalue weighted by Gasteiger charge is -2.26. The number of nitrogens with one attached hydrogen (secondary N) is 1. The van der Waals surface area contributed by atoms with E-state index >= 15 is 0 Å². The van der Waals surface area contributed by atoms with Crippen molar-refractivity contribution in [2.75, 3.05) is 13.6 Å². The molecule has 0 aliphatic rings. The van der Waals surface area contributed by atoms with Crippen LogP contribution in [0.2, 0.25) is 0 Å². The van der Waals surface area contributed by atoms with E-state index in [1.165, 1.54) is 41.3 Å². The number of carbonyl (C=O) groups excluding carboxylic acids is 1. The molecule has 10 heteroatoms. The zero-order valence-electron chi connectivity index (χ0n) is 15.8. The number of nitrogens with two attached hydrogens (primary N) is 1. The van der Waals surface area contributed by atoms with Gasteiger partial charge in [-0.2, -0.15) is 0 Å². The molecule has 0 fully saturated rings. The van der Waals surface area contributed by atoms with Crippen LogP contribution < -0.4 is 9.86 Å². The molecule has 3 N–H and O–H groups in total. The monoisotopic (exact) mass is 425 g/mol. The molecule has 0 bridgehead atoms. The Morgan fingerprint density at radius 1 is 1.07 bits per heavy atom. The number of carbonyl (C=O) groups is 1. The van der Waals surface area contributed by atoms with Crippen molar-refractivity contribution in [3.05, 3.63) is 59.7 Å². The Labute approximate surface area is 165 Å². The highest BCUT2D eigenvalue weighted by Gasteiger charge is 2.21. The predicted octanol–water partition coefficient (Wildman–Crippen LogP) is 1.47. The van der Waals surface area contributed by atoms with Crippen LogP contribution in [0.4, 0.5) is 0 Å². The number of hydrogen-bond donors (Lipinski definition) is 2. The lowest BCUT2D eigenvalue weighted by Crippen LogP contribution is -2.30. The van der Waals surface area contributed by atoms with Crippen LogP contribution in [0.1, 0.15) is 35.8 Å². The van der Waals surface area contributed by atoms with E-state index in [0.29, 0.717) is 11.1 Å². The van der Waals surface area contributed by atoms with Gasteiger partial charge in [0.05, 0.1) is 15.8 Å². The molecule has 1 amide bonds. The molecule has 0 radical (unpaired) electrons. The van der Waals surface area contributed by atoms with E-state index in [1.807, 2.05) is 0 Å². The molecule has 8 nitrogen and oxygen atoms in total. The van der Waals surface area contributed by atoms with Gasteiger partial charge in [-0.1, -0.05) is 19.1 Å². The summed E-state index contributed by atoms with van der Waals surface area (Å²) in [7, 11) is -5.86. The van der Waals surface area contributed by atoms with Gasteiger partial charge >= 0.3 is 0 Å². The zero-order chi connectivity index (χ0) is 21.1. The first-order valence-electron chi connectivity index (χ1n) is 8.47. The molecule has 0 saturated carbocycles. The van der Waals surface area contributed by atoms with Crippen LogP contribution in [0.15, 0.2) is 58.3 Å². The molecule has 28 heavy (non-hydrogen) atoms. The molecule has 0 aromatic heterocycles. The van der Waals surface area contributed by atoms with E-state index in [4.69, 9.17) is 5.14 Å². The van der Waals surface area contributed by atoms with E-state index < -0.39 is 26.1 Å². The summed E-state index contributed by atoms with van der Waals surface area (Å²) < 4.78 is 49.4. The van der Waals surface area contributed by atoms with Crippen LogP contribution in [0.5, 0.6) is 0 Å². The first kappa shape index (κ1) is 22.0. The summed E-state index contributed by atoms with van der Waals surface area (Å²) in [5.74, 6) is -0.332. The number of hydrogen-bond acceptors (Lipinski definition) is 5. The standard InChI is InChI=1S/C18H23N3O5S2/c1-4-20-28(25,26)16-10-8-14(9-11-16)18(22)21(3)13(2)15-6-5-7-17(12-15)27(19,23)24/h5-13,20H,4H2,1-3H3,(H2,19,23,24). The maximum atomic E-state index is 12.7. The SMILES string of the molecule is CCNS(=O)(=O)c1ccc(C(=O)N(C)C(C)c2cccc(S(N)(=O)=O)c2)cc1. The zero-order valence-corrected chi connectivity index (χ0v) is 17.4. The summed E-state index contributed by atoms with van der Waals surface area (Å²) in [5.41, 5.74) is 0.918. The van der Waals surface area contributed by atoms with Crippen LogP contribution in [-0.2, 0) is 20.0 Å². The molecule has 1 atom stereocenters. The van der Waals surface area contributed by atoms with Crippen molar-refractivity contribution in [3.63, 3.8) is 0 Å². The Morgan fingerprint density at radius 2 is 1.68 bits per heavy atom. The van der Waals surface area contributed by atoms with Crippen LogP contribution in [0.3, 0.4) is 0 Å². The second-order valence-corrected chi connectivity index (χ2v) is 9.56. The molecule has 0 spiro atoms. The van der Waals surface area contributed by atoms with Crippen LogP contribution in [-0.4, -0.2) is 41.2 Å². The highest BCUT2D eigenvalue weighted by Crippen LogP contribution is 2.23. The number of amides is 1. The number of benzene rings is 2. The minimum atomic E-state index is -3.85. The van der Waals surface area contributed by atoms with Crippen molar-refractivity contribution in [1.29, 1.82) is 0 Å². The maximum absolute atomic E-state index is 12.7. The highest BCUT2D eigenvalue weighted by molar-refractivity contribution is 7.89. The highest BCUT2D eigenvalue weighted by atomic mass is 32.2. The fourth-order valence-corrected chi connectivity index (χ4v) is 4.21. The van der Waals surface area contributed by atoms with E-state index in [9.17, 15) is 21.6 Å². The van der Waals surface area contributed by atoms with Crippen LogP contribution >= 0.6 is 0 Å². The summed E-state index contributed by atoms with van der Waals surface area (Å²) in [5, 5.41) is 5.16. The van der Waals surface area contributed by atoms with Gasteiger partial charge in [0.15, 0.2) is 0 Å². The Bertz CT molecular complexity index is 1060. The van der Waals surface area contributed by atoms with E-state index in [0.717, 1.165) is 0 Å². The van der Waals surface area contributed by atoms with Gasteiger partial charge in [0.2, 0.25) is 20.0 Å². The molecule has 0 heterocycles. The Kier molecular flexibility index (Phi) is 6.60. The number of nitrogens with zero attached hydrogens (tertiary/aromatic N) is 1. The van der Waals surface area contributed by atoms with Crippen LogP contribution in [0.25, 0.3) is 0 Å². The molecule has 2 aromatic carbocycles. The minimum Gasteiger partial charge on any atom is -0.335 e. The minimum absolute atomic E-state index is 0.0318. The largest absolute Gasteiger partial charge is 0.335 e. The molecule has 2 aromatic rings. The third kappa shape index (κ3) is 4.96. The smallest absolute Gasteiger partial charge is 0.254 e. The van der Waals surface area contributed by atoms with Gasteiger partial charge in [0, 0.05) is 19.2 Å². The summed E-state index contributed by atoms with van der Waals surface area (Å²) in [6, 6.07) is 11.3. The van der Waals surface area contributed by atoms with E-state index in [-0.39, 0.29) is 22.2 Å². The average Bonchev–Trinajstić information content (AvgIpc) is 2.65. The molecule has 2 rings (SSSR count). The van der Waals surface area contributed by atoms with Crippen molar-refractivity contribution in [1.82, 2.24) is 9.62 Å². The van der Waals surface area contributed by atoms with Gasteiger partial charge in [-0.15, -0.1) is 0 Å². The van der Waals surface area contributed by atoms with Gasteiger partial charge in [-0.3, -0.25) is 4.79 Å². The van der Waals surface area contributed by atoms with E-state index in [2.05, 4.69) is 4.72 Å². The fourth-order valence-electron chi connectivity index (χ4n) is 2.60. The Balaban J connectivity index is 2.25. The van der Waals surface area contributed by atoms with Crippen LogP contribution in [0, 0.1) is 0 Å². The van der Waals surface area contributed by atoms with Crippen molar-refractivity contribution in [3.8, 4) is 0 Å². The normalized spacial score (nSPS) is 13.1. The Hall–Kier alpha value is -2.27. The van der Waals surface area contributed by atoms with Crippen molar-refractivity contribution in [2.24, 2.45) is 5.14 Å². The summed E-state index contributed by atoms with van der Waals surface area (Å²) in [4.78, 5) is 14.2. The molecule has 0 saturated heterocycles. The summed E-state index contributed by atoms with van der Waals surface area (Å²) in [6.07, 6.45) is 0. The molecule has 152 valence electrons. The Morgan fingerprint density at radius 3 is 2.21 bits per heavy atom. The molecule has 0 aliphatic heterocycles. The molecule has 0 aliphatic carbocycles. The first-order valence-corrected chi connectivity index (χ1v) is 11.5. The van der Waals surface area contributed by atoms with Crippen molar-refractivity contribution >= 4 is 26.0 Å². The molecule has 1 unspecified atom stereocenters. The number of primary sulfonamides is 1. The topological polar surface area (TPSA) is 127 Å². The second kappa shape index (κ2) is 8.39.